The molecule has 0 aliphatic carbocycles. The first kappa shape index (κ1) is 14.7. The molecule has 0 saturated carbocycles. The molecule has 0 fully saturated rings. The fraction of sp³-hybridized carbons (Fsp3) is 0.294. The predicted molar refractivity (Wildman–Crippen MR) is 78.5 cm³/mol. The summed E-state index contributed by atoms with van der Waals surface area (Å²) in [6.07, 6.45) is 1.09. The zero-order chi connectivity index (χ0) is 14.5. The number of hydrogen-bond donors (Lipinski definition) is 1. The second-order valence-electron chi connectivity index (χ2n) is 4.95. The molecule has 0 radical (unpaired) electrons. The lowest BCUT2D eigenvalue weighted by atomic mass is 9.98. The lowest BCUT2D eigenvalue weighted by Gasteiger charge is -2.10. The molecule has 0 saturated heterocycles. The molecule has 0 spiro atoms. The molecule has 0 unspecified atom stereocenters. The molecule has 2 aromatic carbocycles. The summed E-state index contributed by atoms with van der Waals surface area (Å²) >= 11 is 0. The minimum absolute atomic E-state index is 0.315. The molecule has 0 aromatic heterocycles. The Labute approximate surface area is 118 Å². The molecule has 0 amide bonds. The van der Waals surface area contributed by atoms with Crippen molar-refractivity contribution in [2.24, 2.45) is 0 Å². The van der Waals surface area contributed by atoms with E-state index in [1.807, 2.05) is 25.1 Å². The van der Waals surface area contributed by atoms with Gasteiger partial charge in [-0.05, 0) is 54.8 Å². The monoisotopic (exact) mass is 275 g/mol. The highest BCUT2D eigenvalue weighted by molar-refractivity contribution is 5.68. The summed E-state index contributed by atoms with van der Waals surface area (Å²) in [7, 11) is 0. The van der Waals surface area contributed by atoms with E-state index in [-0.39, 0.29) is 0 Å². The van der Waals surface area contributed by atoms with E-state index in [4.69, 9.17) is 0 Å². The molecular formula is C17H19F2N. The Hall–Kier alpha value is -1.74. The average molecular weight is 275 g/mol. The van der Waals surface area contributed by atoms with Gasteiger partial charge in [-0.25, -0.2) is 8.78 Å². The van der Waals surface area contributed by atoms with Crippen molar-refractivity contribution in [2.75, 3.05) is 6.54 Å². The Morgan fingerprint density at radius 3 is 2.50 bits per heavy atom. The number of halogens is 2. The highest BCUT2D eigenvalue weighted by Crippen LogP contribution is 2.27. The van der Waals surface area contributed by atoms with Crippen LogP contribution in [0, 0.1) is 18.6 Å². The lowest BCUT2D eigenvalue weighted by molar-refractivity contribution is 0.603. The fourth-order valence-electron chi connectivity index (χ4n) is 2.25. The molecule has 2 aromatic rings. The molecule has 0 heterocycles. The topological polar surface area (TPSA) is 12.0 Å². The summed E-state index contributed by atoms with van der Waals surface area (Å²) in [4.78, 5) is 0. The second-order valence-corrected chi connectivity index (χ2v) is 4.95. The van der Waals surface area contributed by atoms with Crippen LogP contribution in [-0.2, 0) is 6.54 Å². The van der Waals surface area contributed by atoms with Gasteiger partial charge in [0.1, 0.15) is 11.6 Å². The van der Waals surface area contributed by atoms with Crippen LogP contribution in [0.3, 0.4) is 0 Å². The maximum Gasteiger partial charge on any atom is 0.131 e. The van der Waals surface area contributed by atoms with Gasteiger partial charge in [-0.2, -0.15) is 0 Å². The van der Waals surface area contributed by atoms with E-state index in [2.05, 4.69) is 12.2 Å². The van der Waals surface area contributed by atoms with E-state index in [0.717, 1.165) is 42.3 Å². The minimum Gasteiger partial charge on any atom is -0.313 e. The van der Waals surface area contributed by atoms with Crippen molar-refractivity contribution in [1.29, 1.82) is 0 Å². The maximum absolute atomic E-state index is 13.8. The van der Waals surface area contributed by atoms with E-state index in [1.54, 1.807) is 0 Å². The average Bonchev–Trinajstić information content (AvgIpc) is 2.42. The van der Waals surface area contributed by atoms with Gasteiger partial charge in [0, 0.05) is 12.1 Å². The Kier molecular flexibility index (Phi) is 4.85. The van der Waals surface area contributed by atoms with Gasteiger partial charge in [0.05, 0.1) is 0 Å². The molecule has 0 aliphatic heterocycles. The third-order valence-corrected chi connectivity index (χ3v) is 3.27. The standard InChI is InChI=1S/C17H19F2N/c1-3-8-20-11-13-4-6-15(12(2)9-13)16-10-14(18)5-7-17(16)19/h4-7,9-10,20H,3,8,11H2,1-2H3. The van der Waals surface area contributed by atoms with E-state index in [0.29, 0.717) is 5.56 Å². The van der Waals surface area contributed by atoms with Gasteiger partial charge in [-0.3, -0.25) is 0 Å². The summed E-state index contributed by atoms with van der Waals surface area (Å²) in [6, 6.07) is 9.37. The SMILES string of the molecule is CCCNCc1ccc(-c2cc(F)ccc2F)c(C)c1. The number of hydrogen-bond acceptors (Lipinski definition) is 1. The first-order valence-electron chi connectivity index (χ1n) is 6.87. The van der Waals surface area contributed by atoms with Crippen LogP contribution in [0.15, 0.2) is 36.4 Å². The zero-order valence-electron chi connectivity index (χ0n) is 11.8. The molecule has 20 heavy (non-hydrogen) atoms. The third kappa shape index (κ3) is 3.42. The summed E-state index contributed by atoms with van der Waals surface area (Å²) in [5.74, 6) is -0.819. The molecule has 106 valence electrons. The van der Waals surface area contributed by atoms with E-state index in [9.17, 15) is 8.78 Å². The molecule has 0 bridgehead atoms. The molecule has 3 heteroatoms. The van der Waals surface area contributed by atoms with Crippen LogP contribution in [0.2, 0.25) is 0 Å². The molecule has 0 aliphatic rings. The van der Waals surface area contributed by atoms with Crippen molar-refractivity contribution < 1.29 is 8.78 Å². The summed E-state index contributed by atoms with van der Waals surface area (Å²) in [5.41, 5.74) is 3.15. The largest absolute Gasteiger partial charge is 0.313 e. The van der Waals surface area contributed by atoms with Crippen molar-refractivity contribution >= 4 is 0 Å². The van der Waals surface area contributed by atoms with Gasteiger partial charge >= 0.3 is 0 Å². The predicted octanol–water partition coefficient (Wildman–Crippen LogP) is 4.44. The van der Waals surface area contributed by atoms with Crippen molar-refractivity contribution in [1.82, 2.24) is 5.32 Å². The van der Waals surface area contributed by atoms with Crippen LogP contribution in [-0.4, -0.2) is 6.54 Å². The number of aryl methyl sites for hydroxylation is 1. The first-order valence-corrected chi connectivity index (χ1v) is 6.87. The zero-order valence-corrected chi connectivity index (χ0v) is 11.8. The third-order valence-electron chi connectivity index (χ3n) is 3.27. The molecule has 0 atom stereocenters. The normalized spacial score (nSPS) is 10.8. The molecule has 1 nitrogen and oxygen atoms in total. The summed E-state index contributed by atoms with van der Waals surface area (Å²) in [6.45, 7) is 5.80. The van der Waals surface area contributed by atoms with Crippen molar-refractivity contribution in [3.8, 4) is 11.1 Å². The number of benzene rings is 2. The Morgan fingerprint density at radius 1 is 1.00 bits per heavy atom. The van der Waals surface area contributed by atoms with Crippen LogP contribution in [0.25, 0.3) is 11.1 Å². The van der Waals surface area contributed by atoms with Gasteiger partial charge in [0.25, 0.3) is 0 Å². The minimum atomic E-state index is -0.422. The van der Waals surface area contributed by atoms with Crippen molar-refractivity contribution in [3.05, 3.63) is 59.2 Å². The smallest absolute Gasteiger partial charge is 0.131 e. The second kappa shape index (κ2) is 6.62. The Morgan fingerprint density at radius 2 is 1.80 bits per heavy atom. The van der Waals surface area contributed by atoms with Crippen molar-refractivity contribution in [3.63, 3.8) is 0 Å². The van der Waals surface area contributed by atoms with E-state index < -0.39 is 11.6 Å². The highest BCUT2D eigenvalue weighted by atomic mass is 19.1. The van der Waals surface area contributed by atoms with Crippen molar-refractivity contribution in [2.45, 2.75) is 26.8 Å². The molecular weight excluding hydrogens is 256 g/mol. The van der Waals surface area contributed by atoms with Crippen LogP contribution >= 0.6 is 0 Å². The molecule has 2 rings (SSSR count). The molecule has 1 N–H and O–H groups in total. The number of nitrogens with one attached hydrogen (secondary N) is 1. The summed E-state index contributed by atoms with van der Waals surface area (Å²) < 4.78 is 27.1. The number of rotatable bonds is 5. The van der Waals surface area contributed by atoms with Gasteiger partial charge in [-0.15, -0.1) is 0 Å². The maximum atomic E-state index is 13.8. The van der Waals surface area contributed by atoms with Gasteiger partial charge in [0.2, 0.25) is 0 Å². The quantitative estimate of drug-likeness (QED) is 0.795. The van der Waals surface area contributed by atoms with Crippen LogP contribution in [0.4, 0.5) is 8.78 Å². The van der Waals surface area contributed by atoms with Crippen LogP contribution < -0.4 is 5.32 Å². The summed E-state index contributed by atoms with van der Waals surface area (Å²) in [5, 5.41) is 3.32. The van der Waals surface area contributed by atoms with Crippen LogP contribution in [0.5, 0.6) is 0 Å². The van der Waals surface area contributed by atoms with E-state index in [1.165, 1.54) is 12.1 Å². The first-order chi connectivity index (χ1) is 9.61. The highest BCUT2D eigenvalue weighted by Gasteiger charge is 2.09. The Balaban J connectivity index is 2.27. The fourth-order valence-corrected chi connectivity index (χ4v) is 2.25. The van der Waals surface area contributed by atoms with Crippen LogP contribution in [0.1, 0.15) is 24.5 Å². The lowest BCUT2D eigenvalue weighted by Crippen LogP contribution is -2.13. The van der Waals surface area contributed by atoms with Gasteiger partial charge in [0.15, 0.2) is 0 Å². The van der Waals surface area contributed by atoms with Gasteiger partial charge < -0.3 is 5.32 Å². The Bertz CT molecular complexity index is 594. The van der Waals surface area contributed by atoms with Gasteiger partial charge in [-0.1, -0.05) is 25.1 Å². The van der Waals surface area contributed by atoms with E-state index >= 15 is 0 Å².